The van der Waals surface area contributed by atoms with Gasteiger partial charge >= 0.3 is 0 Å². The number of carbonyl (C=O) groups excluding carboxylic acids is 4. The van der Waals surface area contributed by atoms with E-state index in [-0.39, 0.29) is 0 Å². The Hall–Kier alpha value is -1.90. The lowest BCUT2D eigenvalue weighted by Crippen LogP contribution is -2.07. The van der Waals surface area contributed by atoms with E-state index in [1.807, 2.05) is 0 Å². The number of rotatable bonds is 7. The van der Waals surface area contributed by atoms with Crippen LogP contribution in [0.3, 0.4) is 0 Å². The SMILES string of the molecule is N=C=O.N=C=O.O=C=NCCCCCC(Cl)(Cl)N=C=O. The predicted octanol–water partition coefficient (Wildman–Crippen LogP) is 2.15. The summed E-state index contributed by atoms with van der Waals surface area (Å²) in [6, 6.07) is 0. The van der Waals surface area contributed by atoms with E-state index in [0.717, 1.165) is 25.0 Å². The van der Waals surface area contributed by atoms with Gasteiger partial charge < -0.3 is 0 Å². The Labute approximate surface area is 124 Å². The molecule has 0 aliphatic carbocycles. The molecular weight excluding hydrogens is 311 g/mol. The summed E-state index contributed by atoms with van der Waals surface area (Å²) in [5.74, 6) is 0. The van der Waals surface area contributed by atoms with E-state index in [2.05, 4.69) is 9.98 Å². The van der Waals surface area contributed by atoms with Gasteiger partial charge in [-0.25, -0.2) is 35.0 Å². The van der Waals surface area contributed by atoms with E-state index in [0.29, 0.717) is 19.4 Å². The highest BCUT2D eigenvalue weighted by atomic mass is 35.5. The average molecular weight is 323 g/mol. The van der Waals surface area contributed by atoms with Crippen LogP contribution in [0.2, 0.25) is 0 Å². The lowest BCUT2D eigenvalue weighted by molar-refractivity contribution is 0.551. The molecule has 0 aromatic heterocycles. The van der Waals surface area contributed by atoms with Crippen LogP contribution in [0.5, 0.6) is 0 Å². The monoisotopic (exact) mass is 322 g/mol. The first kappa shape index (κ1) is 23.2. The van der Waals surface area contributed by atoms with Crippen LogP contribution in [-0.4, -0.2) is 35.3 Å². The van der Waals surface area contributed by atoms with Crippen LogP contribution < -0.4 is 0 Å². The van der Waals surface area contributed by atoms with E-state index in [1.165, 1.54) is 12.2 Å². The minimum Gasteiger partial charge on any atom is -0.222 e. The summed E-state index contributed by atoms with van der Waals surface area (Å²) in [7, 11) is 0. The maximum Gasteiger partial charge on any atom is 0.238 e. The van der Waals surface area contributed by atoms with Gasteiger partial charge in [-0.15, -0.1) is 0 Å². The maximum atomic E-state index is 9.88. The van der Waals surface area contributed by atoms with Gasteiger partial charge in [-0.3, -0.25) is 0 Å². The smallest absolute Gasteiger partial charge is 0.222 e. The van der Waals surface area contributed by atoms with Crippen molar-refractivity contribution in [2.24, 2.45) is 9.98 Å². The Kier molecular flexibility index (Phi) is 22.6. The molecule has 0 saturated carbocycles. The zero-order valence-electron chi connectivity index (χ0n) is 10.3. The number of nitrogens with zero attached hydrogens (tertiary/aromatic N) is 2. The van der Waals surface area contributed by atoms with Gasteiger partial charge in [0.15, 0.2) is 0 Å². The third-order valence-corrected chi connectivity index (χ3v) is 2.07. The lowest BCUT2D eigenvalue weighted by atomic mass is 10.2. The van der Waals surface area contributed by atoms with Crippen molar-refractivity contribution in [2.45, 2.75) is 30.1 Å². The molecule has 0 saturated heterocycles. The number of halogens is 2. The maximum absolute atomic E-state index is 9.88. The van der Waals surface area contributed by atoms with Gasteiger partial charge in [-0.05, 0) is 12.8 Å². The van der Waals surface area contributed by atoms with Gasteiger partial charge in [0.05, 0.1) is 6.54 Å². The minimum absolute atomic E-state index is 0.385. The quantitative estimate of drug-likeness (QED) is 0.243. The van der Waals surface area contributed by atoms with Crippen LogP contribution in [0.25, 0.3) is 0 Å². The highest BCUT2D eigenvalue weighted by Gasteiger charge is 2.21. The van der Waals surface area contributed by atoms with Crippen LogP contribution in [0.1, 0.15) is 25.7 Å². The largest absolute Gasteiger partial charge is 0.238 e. The molecule has 0 heterocycles. The molecule has 8 nitrogen and oxygen atoms in total. The van der Waals surface area contributed by atoms with Crippen molar-refractivity contribution >= 4 is 47.5 Å². The van der Waals surface area contributed by atoms with Gasteiger partial charge in [0.2, 0.25) is 28.8 Å². The summed E-state index contributed by atoms with van der Waals surface area (Å²) in [6.45, 7) is 0.456. The number of aliphatic imine (C=N–C) groups is 2. The van der Waals surface area contributed by atoms with Crippen LogP contribution in [0.15, 0.2) is 9.98 Å². The summed E-state index contributed by atoms with van der Waals surface area (Å²) in [4.78, 5) is 42.9. The van der Waals surface area contributed by atoms with Gasteiger partial charge in [0.25, 0.3) is 0 Å². The third-order valence-electron chi connectivity index (χ3n) is 1.52. The van der Waals surface area contributed by atoms with E-state index >= 15 is 0 Å². The molecule has 0 atom stereocenters. The summed E-state index contributed by atoms with van der Waals surface area (Å²) in [6.07, 6.45) is 6.95. The highest BCUT2D eigenvalue weighted by molar-refractivity contribution is 6.48. The Balaban J connectivity index is -0.000000408. The van der Waals surface area contributed by atoms with Crippen LogP contribution in [-0.2, 0) is 19.2 Å². The Morgan fingerprint density at radius 2 is 1.40 bits per heavy atom. The first-order valence-corrected chi connectivity index (χ1v) is 5.79. The van der Waals surface area contributed by atoms with Crippen molar-refractivity contribution in [1.29, 1.82) is 10.8 Å². The number of unbranched alkanes of at least 4 members (excludes halogenated alkanes) is 2. The predicted molar refractivity (Wildman–Crippen MR) is 70.8 cm³/mol. The molecule has 110 valence electrons. The van der Waals surface area contributed by atoms with Crippen LogP contribution in [0, 0.1) is 10.8 Å². The molecule has 2 N–H and O–H groups in total. The van der Waals surface area contributed by atoms with E-state index in [4.69, 9.17) is 43.6 Å². The highest BCUT2D eigenvalue weighted by Crippen LogP contribution is 2.28. The number of hydrogen-bond donors (Lipinski definition) is 2. The summed E-state index contributed by atoms with van der Waals surface area (Å²) >= 11 is 11.3. The second-order valence-electron chi connectivity index (χ2n) is 2.86. The molecule has 0 rings (SSSR count). The van der Waals surface area contributed by atoms with Gasteiger partial charge in [-0.1, -0.05) is 29.6 Å². The fourth-order valence-electron chi connectivity index (χ4n) is 0.874. The normalized spacial score (nSPS) is 7.90. The average Bonchev–Trinajstić information content (AvgIpc) is 2.35. The molecule has 0 fully saturated rings. The first-order valence-electron chi connectivity index (χ1n) is 5.04. The molecule has 0 bridgehead atoms. The van der Waals surface area contributed by atoms with Crippen molar-refractivity contribution in [1.82, 2.24) is 0 Å². The molecule has 0 unspecified atom stereocenters. The first-order chi connectivity index (χ1) is 9.45. The van der Waals surface area contributed by atoms with Crippen molar-refractivity contribution in [3.63, 3.8) is 0 Å². The number of hydrogen-bond acceptors (Lipinski definition) is 8. The molecule has 0 aromatic rings. The Morgan fingerprint density at radius 3 is 1.80 bits per heavy atom. The van der Waals surface area contributed by atoms with E-state index < -0.39 is 4.46 Å². The minimum atomic E-state index is -1.37. The van der Waals surface area contributed by atoms with Crippen molar-refractivity contribution in [3.8, 4) is 0 Å². The molecule has 0 amide bonds. The third kappa shape index (κ3) is 29.8. The zero-order valence-corrected chi connectivity index (χ0v) is 11.8. The van der Waals surface area contributed by atoms with Gasteiger partial charge in [-0.2, -0.15) is 4.99 Å². The fraction of sp³-hybridized carbons (Fsp3) is 0.600. The molecule has 0 aromatic carbocycles. The lowest BCUT2D eigenvalue weighted by Gasteiger charge is -2.10. The van der Waals surface area contributed by atoms with Crippen LogP contribution >= 0.6 is 23.2 Å². The van der Waals surface area contributed by atoms with Crippen LogP contribution in [0.4, 0.5) is 0 Å². The van der Waals surface area contributed by atoms with Crippen molar-refractivity contribution < 1.29 is 19.2 Å². The number of isocyanates is 4. The number of nitrogens with one attached hydrogen (secondary N) is 2. The standard InChI is InChI=1S/C8H10Cl2N2O2.2CHNO/c9-8(10,12-7-14)4-2-1-3-5-11-6-13;2*2-1-3/h1-5H2;2*2H. The van der Waals surface area contributed by atoms with E-state index in [9.17, 15) is 9.59 Å². The number of alkyl halides is 2. The molecule has 0 aliphatic rings. The molecule has 0 radical (unpaired) electrons. The summed E-state index contributed by atoms with van der Waals surface area (Å²) < 4.78 is -1.37. The molecule has 20 heavy (non-hydrogen) atoms. The molecule has 10 heteroatoms. The second kappa shape index (κ2) is 19.4. The summed E-state index contributed by atoms with van der Waals surface area (Å²) in [5.41, 5.74) is 0. The van der Waals surface area contributed by atoms with Gasteiger partial charge in [0, 0.05) is 6.42 Å². The van der Waals surface area contributed by atoms with Gasteiger partial charge in [0.1, 0.15) is 0 Å². The fourth-order valence-corrected chi connectivity index (χ4v) is 1.21. The molecular formula is C10H12Cl2N4O4. The summed E-state index contributed by atoms with van der Waals surface area (Å²) in [5, 5.41) is 10.8. The topological polar surface area (TPSA) is 141 Å². The molecule has 0 aliphatic heterocycles. The Bertz CT molecular complexity index is 391. The second-order valence-corrected chi connectivity index (χ2v) is 4.30. The zero-order chi connectivity index (χ0) is 16.3. The van der Waals surface area contributed by atoms with Crippen molar-refractivity contribution in [3.05, 3.63) is 0 Å². The Morgan fingerprint density at radius 1 is 0.900 bits per heavy atom. The molecule has 0 spiro atoms. The van der Waals surface area contributed by atoms with E-state index in [1.54, 1.807) is 0 Å². The van der Waals surface area contributed by atoms with Crippen molar-refractivity contribution in [2.75, 3.05) is 6.54 Å².